The Bertz CT molecular complexity index is 323. The SMILES string of the molecule is COC1(C(O)c2ccsc2)CCCC(C)C1. The van der Waals surface area contributed by atoms with E-state index in [1.54, 1.807) is 18.4 Å². The summed E-state index contributed by atoms with van der Waals surface area (Å²) in [6.45, 7) is 2.24. The summed E-state index contributed by atoms with van der Waals surface area (Å²) < 4.78 is 5.69. The maximum absolute atomic E-state index is 10.5. The number of aliphatic hydroxyl groups excluding tert-OH is 1. The molecule has 3 heteroatoms. The third kappa shape index (κ3) is 2.17. The molecule has 0 spiro atoms. The average molecular weight is 240 g/mol. The zero-order chi connectivity index (χ0) is 11.6. The molecule has 2 nitrogen and oxygen atoms in total. The number of methoxy groups -OCH3 is 1. The highest BCUT2D eigenvalue weighted by atomic mass is 32.1. The quantitative estimate of drug-likeness (QED) is 0.877. The summed E-state index contributed by atoms with van der Waals surface area (Å²) in [6, 6.07) is 2.00. The summed E-state index contributed by atoms with van der Waals surface area (Å²) in [5.41, 5.74) is 0.639. The minimum atomic E-state index is -0.480. The number of thiophene rings is 1. The second-order valence-electron chi connectivity index (χ2n) is 4.93. The molecule has 16 heavy (non-hydrogen) atoms. The number of aliphatic hydroxyl groups is 1. The molecule has 0 amide bonds. The molecule has 3 unspecified atom stereocenters. The molecule has 1 aliphatic rings. The topological polar surface area (TPSA) is 29.5 Å². The Morgan fingerprint density at radius 1 is 1.62 bits per heavy atom. The van der Waals surface area contributed by atoms with Gasteiger partial charge in [0.15, 0.2) is 0 Å². The van der Waals surface area contributed by atoms with Crippen LogP contribution in [0.4, 0.5) is 0 Å². The highest BCUT2D eigenvalue weighted by Crippen LogP contribution is 2.43. The third-order valence-corrected chi connectivity index (χ3v) is 4.46. The van der Waals surface area contributed by atoms with Crippen molar-refractivity contribution in [3.8, 4) is 0 Å². The molecule has 1 fully saturated rings. The summed E-state index contributed by atoms with van der Waals surface area (Å²) in [4.78, 5) is 0. The van der Waals surface area contributed by atoms with E-state index in [9.17, 15) is 5.11 Å². The lowest BCUT2D eigenvalue weighted by molar-refractivity contribution is -0.134. The van der Waals surface area contributed by atoms with Crippen LogP contribution in [0.3, 0.4) is 0 Å². The van der Waals surface area contributed by atoms with Crippen molar-refractivity contribution in [3.63, 3.8) is 0 Å². The normalized spacial score (nSPS) is 32.6. The van der Waals surface area contributed by atoms with E-state index < -0.39 is 6.10 Å². The van der Waals surface area contributed by atoms with Gasteiger partial charge < -0.3 is 9.84 Å². The van der Waals surface area contributed by atoms with Crippen LogP contribution in [0, 0.1) is 5.92 Å². The van der Waals surface area contributed by atoms with Gasteiger partial charge in [-0.15, -0.1) is 0 Å². The second kappa shape index (κ2) is 4.86. The number of ether oxygens (including phenoxy) is 1. The van der Waals surface area contributed by atoms with Gasteiger partial charge in [-0.2, -0.15) is 11.3 Å². The average Bonchev–Trinajstić information content (AvgIpc) is 2.81. The predicted molar refractivity (Wildman–Crippen MR) is 66.7 cm³/mol. The first kappa shape index (κ1) is 12.1. The number of rotatable bonds is 3. The molecule has 0 aliphatic heterocycles. The van der Waals surface area contributed by atoms with Crippen LogP contribution in [0.2, 0.25) is 0 Å². The zero-order valence-corrected chi connectivity index (χ0v) is 10.8. The van der Waals surface area contributed by atoms with Gasteiger partial charge in [0.1, 0.15) is 6.10 Å². The van der Waals surface area contributed by atoms with Gasteiger partial charge in [0.25, 0.3) is 0 Å². The van der Waals surface area contributed by atoms with Gasteiger partial charge in [0, 0.05) is 7.11 Å². The molecule has 0 radical (unpaired) electrons. The Hall–Kier alpha value is -0.380. The first-order valence-corrected chi connectivity index (χ1v) is 6.87. The van der Waals surface area contributed by atoms with E-state index in [1.807, 2.05) is 16.8 Å². The molecule has 1 heterocycles. The number of hydrogen-bond acceptors (Lipinski definition) is 3. The van der Waals surface area contributed by atoms with E-state index in [-0.39, 0.29) is 5.60 Å². The monoisotopic (exact) mass is 240 g/mol. The molecular formula is C13H20O2S. The Morgan fingerprint density at radius 3 is 3.00 bits per heavy atom. The van der Waals surface area contributed by atoms with E-state index in [2.05, 4.69) is 6.92 Å². The molecule has 1 N–H and O–H groups in total. The molecule has 90 valence electrons. The predicted octanol–water partition coefficient (Wildman–Crippen LogP) is 3.38. The lowest BCUT2D eigenvalue weighted by Gasteiger charge is -2.42. The third-order valence-electron chi connectivity index (χ3n) is 3.75. The highest BCUT2D eigenvalue weighted by molar-refractivity contribution is 7.07. The fourth-order valence-electron chi connectivity index (χ4n) is 2.82. The standard InChI is InChI=1S/C13H20O2S/c1-10-4-3-6-13(8-10,15-2)12(14)11-5-7-16-9-11/h5,7,9-10,12,14H,3-4,6,8H2,1-2H3. The van der Waals surface area contributed by atoms with E-state index in [0.29, 0.717) is 5.92 Å². The van der Waals surface area contributed by atoms with Crippen LogP contribution >= 0.6 is 11.3 Å². The number of hydrogen-bond donors (Lipinski definition) is 1. The lowest BCUT2D eigenvalue weighted by Crippen LogP contribution is -2.42. The Kier molecular flexibility index (Phi) is 3.67. The van der Waals surface area contributed by atoms with Crippen LogP contribution in [0.1, 0.15) is 44.3 Å². The fourth-order valence-corrected chi connectivity index (χ4v) is 3.50. The molecule has 0 aromatic carbocycles. The van der Waals surface area contributed by atoms with E-state index in [1.165, 1.54) is 6.42 Å². The van der Waals surface area contributed by atoms with Crippen molar-refractivity contribution in [2.24, 2.45) is 5.92 Å². The molecule has 1 aliphatic carbocycles. The largest absolute Gasteiger partial charge is 0.385 e. The molecule has 1 aromatic heterocycles. The van der Waals surface area contributed by atoms with Gasteiger partial charge in [0.05, 0.1) is 5.60 Å². The van der Waals surface area contributed by atoms with Gasteiger partial charge >= 0.3 is 0 Å². The smallest absolute Gasteiger partial charge is 0.109 e. The zero-order valence-electron chi connectivity index (χ0n) is 9.98. The molecule has 0 bridgehead atoms. The van der Waals surface area contributed by atoms with E-state index in [4.69, 9.17) is 4.74 Å². The lowest BCUT2D eigenvalue weighted by atomic mass is 9.74. The van der Waals surface area contributed by atoms with Crippen molar-refractivity contribution in [3.05, 3.63) is 22.4 Å². The summed E-state index contributed by atoms with van der Waals surface area (Å²) in [6.07, 6.45) is 3.84. The fraction of sp³-hybridized carbons (Fsp3) is 0.692. The maximum Gasteiger partial charge on any atom is 0.109 e. The highest BCUT2D eigenvalue weighted by Gasteiger charge is 2.42. The molecule has 2 rings (SSSR count). The van der Waals surface area contributed by atoms with Crippen LogP contribution in [0.5, 0.6) is 0 Å². The van der Waals surface area contributed by atoms with Crippen LogP contribution in [0.25, 0.3) is 0 Å². The van der Waals surface area contributed by atoms with Gasteiger partial charge in [-0.25, -0.2) is 0 Å². The Labute approximate surface area is 101 Å². The van der Waals surface area contributed by atoms with Crippen LogP contribution in [-0.4, -0.2) is 17.8 Å². The minimum absolute atomic E-state index is 0.362. The molecule has 1 saturated carbocycles. The van der Waals surface area contributed by atoms with E-state index in [0.717, 1.165) is 24.8 Å². The maximum atomic E-state index is 10.5. The van der Waals surface area contributed by atoms with E-state index >= 15 is 0 Å². The van der Waals surface area contributed by atoms with Crippen LogP contribution in [0.15, 0.2) is 16.8 Å². The van der Waals surface area contributed by atoms with Gasteiger partial charge in [-0.05, 0) is 41.1 Å². The second-order valence-corrected chi connectivity index (χ2v) is 5.71. The van der Waals surface area contributed by atoms with Gasteiger partial charge in [-0.3, -0.25) is 0 Å². The molecular weight excluding hydrogens is 220 g/mol. The summed E-state index contributed by atoms with van der Waals surface area (Å²) >= 11 is 1.63. The Balaban J connectivity index is 2.20. The first-order valence-electron chi connectivity index (χ1n) is 5.93. The first-order chi connectivity index (χ1) is 7.68. The van der Waals surface area contributed by atoms with Gasteiger partial charge in [0.2, 0.25) is 0 Å². The van der Waals surface area contributed by atoms with Crippen LogP contribution < -0.4 is 0 Å². The molecule has 3 atom stereocenters. The van der Waals surface area contributed by atoms with Crippen molar-refractivity contribution in [1.29, 1.82) is 0 Å². The summed E-state index contributed by atoms with van der Waals surface area (Å²) in [5.74, 6) is 0.641. The van der Waals surface area contributed by atoms with Crippen molar-refractivity contribution in [2.45, 2.75) is 44.3 Å². The molecule has 0 saturated heterocycles. The van der Waals surface area contributed by atoms with Crippen molar-refractivity contribution in [1.82, 2.24) is 0 Å². The summed E-state index contributed by atoms with van der Waals surface area (Å²) in [7, 11) is 1.73. The summed E-state index contributed by atoms with van der Waals surface area (Å²) in [5, 5.41) is 14.5. The Morgan fingerprint density at radius 2 is 2.44 bits per heavy atom. The molecule has 1 aromatic rings. The van der Waals surface area contributed by atoms with Crippen molar-refractivity contribution in [2.75, 3.05) is 7.11 Å². The van der Waals surface area contributed by atoms with Crippen LogP contribution in [-0.2, 0) is 4.74 Å². The van der Waals surface area contributed by atoms with Crippen molar-refractivity contribution < 1.29 is 9.84 Å². The van der Waals surface area contributed by atoms with Crippen molar-refractivity contribution >= 4 is 11.3 Å². The minimum Gasteiger partial charge on any atom is -0.385 e. The van der Waals surface area contributed by atoms with Gasteiger partial charge in [-0.1, -0.05) is 19.8 Å².